The summed E-state index contributed by atoms with van der Waals surface area (Å²) in [7, 11) is 0. The summed E-state index contributed by atoms with van der Waals surface area (Å²) in [6.45, 7) is 0. The third-order valence-electron chi connectivity index (χ3n) is 3.34. The van der Waals surface area contributed by atoms with Crippen molar-refractivity contribution in [1.82, 2.24) is 4.98 Å². The summed E-state index contributed by atoms with van der Waals surface area (Å²) in [4.78, 5) is 27.0. The smallest absolute Gasteiger partial charge is 0.255 e. The highest BCUT2D eigenvalue weighted by molar-refractivity contribution is 9.10. The number of nitrogens with one attached hydrogen (secondary N) is 1. The molecule has 3 rings (SSSR count). The van der Waals surface area contributed by atoms with Crippen molar-refractivity contribution in [3.05, 3.63) is 82.5 Å². The fourth-order valence-electron chi connectivity index (χ4n) is 2.08. The lowest BCUT2D eigenvalue weighted by Crippen LogP contribution is -2.11. The van der Waals surface area contributed by atoms with Crippen LogP contribution in [0.3, 0.4) is 0 Å². The van der Waals surface area contributed by atoms with Crippen molar-refractivity contribution in [2.75, 3.05) is 5.32 Å². The molecule has 25 heavy (non-hydrogen) atoms. The minimum atomic E-state index is -0.216. The number of ether oxygens (including phenoxy) is 1. The maximum Gasteiger partial charge on any atom is 0.255 e. The molecule has 0 saturated carbocycles. The Balaban J connectivity index is 1.73. The number of rotatable bonds is 5. The molecule has 0 radical (unpaired) electrons. The van der Waals surface area contributed by atoms with E-state index in [1.165, 1.54) is 6.20 Å². The number of halogens is 1. The van der Waals surface area contributed by atoms with Crippen LogP contribution >= 0.6 is 15.9 Å². The summed E-state index contributed by atoms with van der Waals surface area (Å²) < 4.78 is 6.28. The minimum Gasteiger partial charge on any atom is -0.438 e. The van der Waals surface area contributed by atoms with Crippen LogP contribution in [0.4, 0.5) is 5.69 Å². The van der Waals surface area contributed by atoms with Crippen molar-refractivity contribution in [3.63, 3.8) is 0 Å². The number of anilines is 1. The van der Waals surface area contributed by atoms with E-state index in [0.29, 0.717) is 33.5 Å². The lowest BCUT2D eigenvalue weighted by Gasteiger charge is -2.09. The minimum absolute atomic E-state index is 0.216. The zero-order valence-electron chi connectivity index (χ0n) is 13.0. The lowest BCUT2D eigenvalue weighted by molar-refractivity contribution is 0.102. The van der Waals surface area contributed by atoms with Gasteiger partial charge in [-0.05, 0) is 52.3 Å². The molecule has 0 aliphatic rings. The van der Waals surface area contributed by atoms with Gasteiger partial charge in [0.2, 0.25) is 5.88 Å². The number of nitrogens with zero attached hydrogens (tertiary/aromatic N) is 1. The molecule has 0 unspecified atom stereocenters. The highest BCUT2D eigenvalue weighted by Gasteiger charge is 2.10. The molecule has 0 bridgehead atoms. The summed E-state index contributed by atoms with van der Waals surface area (Å²) in [6.07, 6.45) is 2.14. The van der Waals surface area contributed by atoms with Crippen LogP contribution in [-0.4, -0.2) is 17.2 Å². The molecule has 1 N–H and O–H groups in total. The lowest BCUT2D eigenvalue weighted by atomic mass is 10.2. The second-order valence-corrected chi connectivity index (χ2v) is 5.97. The van der Waals surface area contributed by atoms with Crippen molar-refractivity contribution in [2.24, 2.45) is 0 Å². The number of aldehydes is 1. The van der Waals surface area contributed by atoms with Gasteiger partial charge in [0.1, 0.15) is 5.75 Å². The van der Waals surface area contributed by atoms with Crippen molar-refractivity contribution in [2.45, 2.75) is 0 Å². The van der Waals surface area contributed by atoms with Crippen LogP contribution in [0.2, 0.25) is 0 Å². The number of carbonyl (C=O) groups is 2. The molecule has 5 nitrogen and oxygen atoms in total. The van der Waals surface area contributed by atoms with E-state index in [-0.39, 0.29) is 5.91 Å². The molecule has 1 heterocycles. The molecule has 3 aromatic rings. The Hall–Kier alpha value is -2.99. The van der Waals surface area contributed by atoms with Gasteiger partial charge in [-0.25, -0.2) is 4.98 Å². The Morgan fingerprint density at radius 3 is 2.52 bits per heavy atom. The molecule has 0 saturated heterocycles. The molecule has 124 valence electrons. The summed E-state index contributed by atoms with van der Waals surface area (Å²) in [5, 5.41) is 2.82. The first-order chi connectivity index (χ1) is 12.2. The second-order valence-electron chi connectivity index (χ2n) is 5.12. The maximum atomic E-state index is 12.3. The fourth-order valence-corrected chi connectivity index (χ4v) is 2.54. The molecule has 0 atom stereocenters. The zero-order chi connectivity index (χ0) is 17.6. The van der Waals surface area contributed by atoms with E-state index in [4.69, 9.17) is 4.74 Å². The van der Waals surface area contributed by atoms with Crippen LogP contribution in [-0.2, 0) is 0 Å². The summed E-state index contributed by atoms with van der Waals surface area (Å²) in [6, 6.07) is 17.5. The fraction of sp³-hybridized carbons (Fsp3) is 0. The van der Waals surface area contributed by atoms with E-state index in [0.717, 1.165) is 5.69 Å². The molecule has 1 amide bonds. The van der Waals surface area contributed by atoms with Gasteiger partial charge in [-0.1, -0.05) is 18.2 Å². The summed E-state index contributed by atoms with van der Waals surface area (Å²) >= 11 is 3.40. The van der Waals surface area contributed by atoms with Crippen LogP contribution in [0.1, 0.15) is 20.7 Å². The van der Waals surface area contributed by atoms with E-state index in [2.05, 4.69) is 26.2 Å². The van der Waals surface area contributed by atoms with Crippen LogP contribution in [0.15, 0.2) is 71.3 Å². The van der Waals surface area contributed by atoms with Crippen LogP contribution in [0.25, 0.3) is 0 Å². The van der Waals surface area contributed by atoms with Gasteiger partial charge in [-0.2, -0.15) is 0 Å². The third-order valence-corrected chi connectivity index (χ3v) is 3.96. The highest BCUT2D eigenvalue weighted by atomic mass is 79.9. The van der Waals surface area contributed by atoms with Crippen molar-refractivity contribution in [3.8, 4) is 11.6 Å². The SMILES string of the molecule is O=Cc1ccc(Oc2ccc(C(=O)Nc3ccccc3)cc2Br)nc1. The quantitative estimate of drug-likeness (QED) is 0.634. The van der Waals surface area contributed by atoms with E-state index in [1.807, 2.05) is 30.3 Å². The largest absolute Gasteiger partial charge is 0.438 e. The van der Waals surface area contributed by atoms with Gasteiger partial charge < -0.3 is 10.1 Å². The van der Waals surface area contributed by atoms with Crippen LogP contribution < -0.4 is 10.1 Å². The highest BCUT2D eigenvalue weighted by Crippen LogP contribution is 2.30. The Morgan fingerprint density at radius 2 is 1.88 bits per heavy atom. The van der Waals surface area contributed by atoms with E-state index in [9.17, 15) is 9.59 Å². The molecule has 0 aliphatic heterocycles. The first-order valence-corrected chi connectivity index (χ1v) is 8.20. The first kappa shape index (κ1) is 16.9. The van der Waals surface area contributed by atoms with Gasteiger partial charge in [0, 0.05) is 29.1 Å². The molecule has 6 heteroatoms. The second kappa shape index (κ2) is 7.72. The average molecular weight is 397 g/mol. The predicted octanol–water partition coefficient (Wildman–Crippen LogP) is 4.70. The first-order valence-electron chi connectivity index (χ1n) is 7.41. The van der Waals surface area contributed by atoms with E-state index >= 15 is 0 Å². The Kier molecular flexibility index (Phi) is 5.20. The van der Waals surface area contributed by atoms with Gasteiger partial charge in [0.15, 0.2) is 6.29 Å². The molecule has 1 aromatic heterocycles. The van der Waals surface area contributed by atoms with Gasteiger partial charge in [-0.3, -0.25) is 9.59 Å². The number of aromatic nitrogens is 1. The van der Waals surface area contributed by atoms with Gasteiger partial charge in [0.25, 0.3) is 5.91 Å². The van der Waals surface area contributed by atoms with E-state index < -0.39 is 0 Å². The average Bonchev–Trinajstić information content (AvgIpc) is 2.65. The number of hydrogen-bond donors (Lipinski definition) is 1. The van der Waals surface area contributed by atoms with Crippen molar-refractivity contribution >= 4 is 33.8 Å². The summed E-state index contributed by atoms with van der Waals surface area (Å²) in [5.74, 6) is 0.655. The zero-order valence-corrected chi connectivity index (χ0v) is 14.6. The van der Waals surface area contributed by atoms with Gasteiger partial charge in [-0.15, -0.1) is 0 Å². The summed E-state index contributed by atoms with van der Waals surface area (Å²) in [5.41, 5.74) is 1.69. The monoisotopic (exact) mass is 396 g/mol. The van der Waals surface area contributed by atoms with Crippen molar-refractivity contribution < 1.29 is 14.3 Å². The number of benzene rings is 2. The van der Waals surface area contributed by atoms with Crippen LogP contribution in [0, 0.1) is 0 Å². The third kappa shape index (κ3) is 4.30. The molecular weight excluding hydrogens is 384 g/mol. The number of para-hydroxylation sites is 1. The molecular formula is C19H13BrN2O3. The number of pyridine rings is 1. The van der Waals surface area contributed by atoms with Crippen molar-refractivity contribution in [1.29, 1.82) is 0 Å². The predicted molar refractivity (Wildman–Crippen MR) is 98.2 cm³/mol. The molecule has 0 fully saturated rings. The number of hydrogen-bond acceptors (Lipinski definition) is 4. The van der Waals surface area contributed by atoms with Gasteiger partial charge >= 0.3 is 0 Å². The number of amides is 1. The number of carbonyl (C=O) groups excluding carboxylic acids is 2. The maximum absolute atomic E-state index is 12.3. The Labute approximate surface area is 152 Å². The molecule has 2 aromatic carbocycles. The molecule has 0 aliphatic carbocycles. The Bertz CT molecular complexity index is 896. The topological polar surface area (TPSA) is 68.3 Å². The Morgan fingerprint density at radius 1 is 1.08 bits per heavy atom. The van der Waals surface area contributed by atoms with Crippen LogP contribution in [0.5, 0.6) is 11.6 Å². The van der Waals surface area contributed by atoms with E-state index in [1.54, 1.807) is 30.3 Å². The van der Waals surface area contributed by atoms with Gasteiger partial charge in [0.05, 0.1) is 4.47 Å². The normalized spacial score (nSPS) is 10.1. The molecule has 0 spiro atoms. The standard InChI is InChI=1S/C19H13BrN2O3/c20-16-10-14(19(24)22-15-4-2-1-3-5-15)7-8-17(16)25-18-9-6-13(12-23)11-21-18/h1-12H,(H,22,24).